The molecule has 0 aliphatic carbocycles. The fourth-order valence-corrected chi connectivity index (χ4v) is 6.40. The smallest absolute Gasteiger partial charge is 0.370 e. The largest absolute Gasteiger partial charge is 0.417 e. The number of nitrogens with zero attached hydrogens (tertiary/aromatic N) is 2. The summed E-state index contributed by atoms with van der Waals surface area (Å²) in [5.41, 5.74) is -1.95. The molecule has 1 aromatic carbocycles. The predicted octanol–water partition coefficient (Wildman–Crippen LogP) is 2.22. The first kappa shape index (κ1) is 16.6. The maximum atomic E-state index is 13.9. The van der Waals surface area contributed by atoms with Crippen molar-refractivity contribution < 1.29 is 30.7 Å². The molecule has 0 aromatic heterocycles. The van der Waals surface area contributed by atoms with Gasteiger partial charge in [0.25, 0.3) is 0 Å². The van der Waals surface area contributed by atoms with Crippen molar-refractivity contribution in [1.29, 1.82) is 5.26 Å². The van der Waals surface area contributed by atoms with Gasteiger partial charge in [-0.1, -0.05) is 0 Å². The van der Waals surface area contributed by atoms with Gasteiger partial charge in [-0.05, 0) is 18.2 Å². The molecule has 0 radical (unpaired) electrons. The average molecular weight is 376 g/mol. The van der Waals surface area contributed by atoms with Crippen molar-refractivity contribution in [3.63, 3.8) is 0 Å². The van der Waals surface area contributed by atoms with E-state index in [2.05, 4.69) is 0 Å². The third-order valence-corrected chi connectivity index (χ3v) is 7.39. The summed E-state index contributed by atoms with van der Waals surface area (Å²) in [5.74, 6) is -0.466. The molecular formula is C15H12F4N2O3S. The third kappa shape index (κ3) is 2.25. The Bertz CT molecular complexity index is 880. The van der Waals surface area contributed by atoms with E-state index in [1.165, 1.54) is 12.1 Å². The minimum atomic E-state index is -4.79. The first-order chi connectivity index (χ1) is 11.6. The van der Waals surface area contributed by atoms with Gasteiger partial charge in [0.2, 0.25) is 10.0 Å². The molecule has 0 unspecified atom stereocenters. The van der Waals surface area contributed by atoms with E-state index in [0.717, 1.165) is 10.4 Å². The van der Waals surface area contributed by atoms with E-state index in [-0.39, 0.29) is 18.7 Å². The van der Waals surface area contributed by atoms with E-state index in [4.69, 9.17) is 10.00 Å². The van der Waals surface area contributed by atoms with Crippen LogP contribution in [0.25, 0.3) is 0 Å². The maximum absolute atomic E-state index is 13.9. The summed E-state index contributed by atoms with van der Waals surface area (Å²) in [7, 11) is -4.05. The molecule has 2 bridgehead atoms. The topological polar surface area (TPSA) is 70.4 Å². The Kier molecular flexibility index (Phi) is 3.37. The van der Waals surface area contributed by atoms with Crippen LogP contribution in [0.1, 0.15) is 17.5 Å². The molecule has 3 fully saturated rings. The highest BCUT2D eigenvalue weighted by Crippen LogP contribution is 2.50. The molecule has 3 heterocycles. The van der Waals surface area contributed by atoms with E-state index in [1.54, 1.807) is 0 Å². The molecule has 3 saturated heterocycles. The van der Waals surface area contributed by atoms with Gasteiger partial charge in [-0.15, -0.1) is 0 Å². The van der Waals surface area contributed by atoms with Gasteiger partial charge in [0, 0.05) is 18.9 Å². The SMILES string of the molecule is N#Cc1ccc(N2C[C@@H]3[C@@H]([C@@H]4O[C@H]3C[C@@H]4F)S2(=O)=O)cc1C(F)(F)F. The number of hydrogen-bond donors (Lipinski definition) is 0. The molecule has 3 aliphatic rings. The number of benzene rings is 1. The Labute approximate surface area is 140 Å². The van der Waals surface area contributed by atoms with Crippen molar-refractivity contribution >= 4 is 15.7 Å². The molecule has 25 heavy (non-hydrogen) atoms. The maximum Gasteiger partial charge on any atom is 0.417 e. The van der Waals surface area contributed by atoms with Crippen LogP contribution >= 0.6 is 0 Å². The lowest BCUT2D eigenvalue weighted by Gasteiger charge is -2.23. The van der Waals surface area contributed by atoms with Gasteiger partial charge < -0.3 is 4.74 Å². The van der Waals surface area contributed by atoms with Crippen LogP contribution in [0.5, 0.6) is 0 Å². The van der Waals surface area contributed by atoms with Crippen molar-refractivity contribution in [2.24, 2.45) is 5.92 Å². The fraction of sp³-hybridized carbons (Fsp3) is 0.533. The van der Waals surface area contributed by atoms with E-state index in [1.807, 2.05) is 0 Å². The van der Waals surface area contributed by atoms with Gasteiger partial charge >= 0.3 is 6.18 Å². The summed E-state index contributed by atoms with van der Waals surface area (Å²) in [6.45, 7) is -0.0515. The number of alkyl halides is 4. The lowest BCUT2D eigenvalue weighted by Crippen LogP contribution is -2.41. The highest BCUT2D eigenvalue weighted by molar-refractivity contribution is 7.93. The lowest BCUT2D eigenvalue weighted by molar-refractivity contribution is -0.137. The molecule has 134 valence electrons. The molecule has 4 rings (SSSR count). The quantitative estimate of drug-likeness (QED) is 0.705. The van der Waals surface area contributed by atoms with Gasteiger partial charge in [0.1, 0.15) is 17.5 Å². The zero-order valence-corrected chi connectivity index (χ0v) is 13.4. The molecule has 10 heteroatoms. The molecule has 5 atom stereocenters. The van der Waals surface area contributed by atoms with Crippen LogP contribution < -0.4 is 4.31 Å². The standard InChI is InChI=1S/C15H12F4N2O3S/c16-11-4-12-9-6-21(25(22,23)14(9)13(11)24-12)8-2-1-7(5-20)10(3-8)15(17,18)19/h1-3,9,11-14H,4,6H2/t9-,11-,12-,13+,14-/m0/s1. The van der Waals surface area contributed by atoms with E-state index < -0.39 is 56.9 Å². The summed E-state index contributed by atoms with van der Waals surface area (Å²) >= 11 is 0. The molecule has 0 spiro atoms. The summed E-state index contributed by atoms with van der Waals surface area (Å²) in [5, 5.41) is 7.76. The highest BCUT2D eigenvalue weighted by atomic mass is 32.2. The molecule has 0 amide bonds. The number of halogens is 4. The van der Waals surface area contributed by atoms with Gasteiger partial charge in [0.05, 0.1) is 29.0 Å². The number of fused-ring (bicyclic) bond motifs is 5. The van der Waals surface area contributed by atoms with Crippen LogP contribution in [0.2, 0.25) is 0 Å². The van der Waals surface area contributed by atoms with Crippen LogP contribution in [0, 0.1) is 17.2 Å². The number of ether oxygens (including phenoxy) is 1. The second-order valence-electron chi connectivity index (χ2n) is 6.43. The Balaban J connectivity index is 1.76. The van der Waals surface area contributed by atoms with Crippen molar-refractivity contribution in [2.45, 2.75) is 36.2 Å². The summed E-state index contributed by atoms with van der Waals surface area (Å²) in [6, 6.07) is 4.23. The first-order valence-electron chi connectivity index (χ1n) is 7.57. The molecule has 0 saturated carbocycles. The molecule has 1 aromatic rings. The number of hydrogen-bond acceptors (Lipinski definition) is 4. The Morgan fingerprint density at radius 2 is 2.04 bits per heavy atom. The van der Waals surface area contributed by atoms with Crippen LogP contribution in [0.3, 0.4) is 0 Å². The summed E-state index contributed by atoms with van der Waals surface area (Å²) < 4.78 is 85.0. The van der Waals surface area contributed by atoms with Gasteiger partial charge in [-0.2, -0.15) is 18.4 Å². The number of anilines is 1. The average Bonchev–Trinajstić information content (AvgIpc) is 3.15. The number of nitriles is 1. The van der Waals surface area contributed by atoms with Crippen molar-refractivity contribution in [2.75, 3.05) is 10.8 Å². The molecule has 5 nitrogen and oxygen atoms in total. The molecular weight excluding hydrogens is 364 g/mol. The zero-order chi connectivity index (χ0) is 18.1. The second-order valence-corrected chi connectivity index (χ2v) is 8.45. The zero-order valence-electron chi connectivity index (χ0n) is 12.6. The van der Waals surface area contributed by atoms with Crippen molar-refractivity contribution in [1.82, 2.24) is 0 Å². The minimum Gasteiger partial charge on any atom is -0.370 e. The highest BCUT2D eigenvalue weighted by Gasteiger charge is 2.65. The minimum absolute atomic E-state index is 0.0515. The molecule has 0 N–H and O–H groups in total. The van der Waals surface area contributed by atoms with Gasteiger partial charge in [-0.3, -0.25) is 4.31 Å². The van der Waals surface area contributed by atoms with Crippen LogP contribution in [0.15, 0.2) is 18.2 Å². The van der Waals surface area contributed by atoms with Crippen LogP contribution in [-0.2, 0) is 20.9 Å². The number of rotatable bonds is 1. The summed E-state index contributed by atoms with van der Waals surface area (Å²) in [6.07, 6.45) is -7.66. The van der Waals surface area contributed by atoms with Gasteiger partial charge in [0.15, 0.2) is 0 Å². The Morgan fingerprint density at radius 1 is 1.32 bits per heavy atom. The lowest BCUT2D eigenvalue weighted by atomic mass is 9.87. The molecule has 3 aliphatic heterocycles. The predicted molar refractivity (Wildman–Crippen MR) is 77.9 cm³/mol. The Hall–Kier alpha value is -1.86. The van der Waals surface area contributed by atoms with E-state index in [0.29, 0.717) is 6.07 Å². The normalized spacial score (nSPS) is 35.6. The second kappa shape index (κ2) is 5.08. The third-order valence-electron chi connectivity index (χ3n) is 5.11. The fourth-order valence-electron chi connectivity index (χ4n) is 4.04. The summed E-state index contributed by atoms with van der Waals surface area (Å²) in [4.78, 5) is 0. The number of sulfonamides is 1. The van der Waals surface area contributed by atoms with Crippen LogP contribution in [-0.4, -0.2) is 38.6 Å². The van der Waals surface area contributed by atoms with Gasteiger partial charge in [-0.25, -0.2) is 12.8 Å². The Morgan fingerprint density at radius 3 is 2.68 bits per heavy atom. The van der Waals surface area contributed by atoms with Crippen LogP contribution in [0.4, 0.5) is 23.2 Å². The van der Waals surface area contributed by atoms with E-state index >= 15 is 0 Å². The monoisotopic (exact) mass is 376 g/mol. The van der Waals surface area contributed by atoms with Crippen molar-refractivity contribution in [3.05, 3.63) is 29.3 Å². The van der Waals surface area contributed by atoms with Crippen molar-refractivity contribution in [3.8, 4) is 6.07 Å². The first-order valence-corrected chi connectivity index (χ1v) is 9.07. The van der Waals surface area contributed by atoms with E-state index in [9.17, 15) is 26.0 Å².